The van der Waals surface area contributed by atoms with Crippen molar-refractivity contribution in [3.63, 3.8) is 0 Å². The average Bonchev–Trinajstić information content (AvgIpc) is 2.74. The van der Waals surface area contributed by atoms with Gasteiger partial charge in [0.05, 0.1) is 18.2 Å². The van der Waals surface area contributed by atoms with E-state index < -0.39 is 11.4 Å². The lowest BCUT2D eigenvalue weighted by Crippen LogP contribution is -2.54. The number of carbonyl (C=O) groups excluding carboxylic acids is 1. The van der Waals surface area contributed by atoms with Gasteiger partial charge in [0, 0.05) is 19.1 Å². The molecule has 98 valence electrons. The van der Waals surface area contributed by atoms with Crippen LogP contribution in [0.3, 0.4) is 0 Å². The maximum Gasteiger partial charge on any atom is 0.237 e. The largest absolute Gasteiger partial charge is 0.375 e. The Morgan fingerprint density at radius 3 is 3.00 bits per heavy atom. The number of amides is 1. The maximum atomic E-state index is 11.2. The molecule has 1 aliphatic heterocycles. The molecule has 5 heteroatoms. The second-order valence-electron chi connectivity index (χ2n) is 5.48. The summed E-state index contributed by atoms with van der Waals surface area (Å²) in [5, 5.41) is 0. The van der Waals surface area contributed by atoms with Crippen molar-refractivity contribution in [2.24, 2.45) is 11.5 Å². The van der Waals surface area contributed by atoms with Crippen molar-refractivity contribution < 1.29 is 9.53 Å². The maximum absolute atomic E-state index is 11.2. The molecule has 1 saturated heterocycles. The van der Waals surface area contributed by atoms with E-state index in [0.717, 1.165) is 26.1 Å². The van der Waals surface area contributed by atoms with E-state index >= 15 is 0 Å². The monoisotopic (exact) mass is 241 g/mol. The van der Waals surface area contributed by atoms with Gasteiger partial charge in [-0.05, 0) is 32.6 Å². The first kappa shape index (κ1) is 12.8. The fourth-order valence-electron chi connectivity index (χ4n) is 2.78. The van der Waals surface area contributed by atoms with Gasteiger partial charge in [0.1, 0.15) is 0 Å². The summed E-state index contributed by atoms with van der Waals surface area (Å²) in [5.41, 5.74) is 10.3. The topological polar surface area (TPSA) is 81.6 Å². The van der Waals surface area contributed by atoms with Gasteiger partial charge < -0.3 is 16.2 Å². The zero-order valence-corrected chi connectivity index (χ0v) is 10.5. The van der Waals surface area contributed by atoms with E-state index in [1.54, 1.807) is 6.92 Å². The third-order valence-electron chi connectivity index (χ3n) is 4.08. The number of hydrogen-bond acceptors (Lipinski definition) is 4. The molecule has 1 saturated carbocycles. The molecule has 0 aromatic carbocycles. The molecule has 2 aliphatic rings. The molecule has 2 rings (SSSR count). The van der Waals surface area contributed by atoms with E-state index in [1.165, 1.54) is 12.8 Å². The van der Waals surface area contributed by atoms with Gasteiger partial charge in [0.15, 0.2) is 0 Å². The molecule has 1 amide bonds. The Balaban J connectivity index is 1.88. The van der Waals surface area contributed by atoms with Crippen LogP contribution in [-0.2, 0) is 9.53 Å². The Bertz CT molecular complexity index is 293. The molecule has 0 bridgehead atoms. The van der Waals surface area contributed by atoms with Crippen molar-refractivity contribution >= 4 is 5.91 Å². The number of nitrogens with two attached hydrogens (primary N) is 2. The number of fused-ring (bicyclic) bond motifs is 1. The second-order valence-corrected chi connectivity index (χ2v) is 5.48. The van der Waals surface area contributed by atoms with Crippen LogP contribution in [0.1, 0.15) is 32.6 Å². The highest BCUT2D eigenvalue weighted by atomic mass is 16.5. The first-order valence-electron chi connectivity index (χ1n) is 6.45. The van der Waals surface area contributed by atoms with E-state index in [0.29, 0.717) is 18.6 Å². The van der Waals surface area contributed by atoms with Crippen molar-refractivity contribution in [3.05, 3.63) is 0 Å². The number of hydrogen-bond donors (Lipinski definition) is 2. The van der Waals surface area contributed by atoms with Crippen molar-refractivity contribution in [1.82, 2.24) is 4.90 Å². The van der Waals surface area contributed by atoms with Crippen molar-refractivity contribution in [2.45, 2.75) is 50.3 Å². The Labute approximate surface area is 102 Å². The van der Waals surface area contributed by atoms with Gasteiger partial charge in [-0.2, -0.15) is 0 Å². The molecule has 5 nitrogen and oxygen atoms in total. The molecule has 1 aliphatic carbocycles. The van der Waals surface area contributed by atoms with Crippen LogP contribution in [0.25, 0.3) is 0 Å². The van der Waals surface area contributed by atoms with E-state index in [2.05, 4.69) is 4.90 Å². The summed E-state index contributed by atoms with van der Waals surface area (Å²) in [4.78, 5) is 13.6. The molecule has 3 unspecified atom stereocenters. The smallest absolute Gasteiger partial charge is 0.237 e. The Hall–Kier alpha value is -0.650. The summed E-state index contributed by atoms with van der Waals surface area (Å²) in [7, 11) is 0. The number of primary amides is 1. The van der Waals surface area contributed by atoms with Gasteiger partial charge in [0.25, 0.3) is 0 Å². The summed E-state index contributed by atoms with van der Waals surface area (Å²) >= 11 is 0. The quantitative estimate of drug-likeness (QED) is 0.716. The molecule has 2 fully saturated rings. The third kappa shape index (κ3) is 2.78. The Morgan fingerprint density at radius 2 is 2.29 bits per heavy atom. The van der Waals surface area contributed by atoms with Crippen LogP contribution in [-0.4, -0.2) is 48.2 Å². The van der Waals surface area contributed by atoms with Crippen LogP contribution in [0.4, 0.5) is 0 Å². The van der Waals surface area contributed by atoms with Crippen LogP contribution < -0.4 is 11.5 Å². The number of nitrogens with zero attached hydrogens (tertiary/aromatic N) is 1. The lowest BCUT2D eigenvalue weighted by Gasteiger charge is -2.38. The fraction of sp³-hybridized carbons (Fsp3) is 0.917. The third-order valence-corrected chi connectivity index (χ3v) is 4.08. The zero-order valence-electron chi connectivity index (χ0n) is 10.5. The van der Waals surface area contributed by atoms with E-state index in [1.807, 2.05) is 0 Å². The van der Waals surface area contributed by atoms with Gasteiger partial charge in [-0.1, -0.05) is 0 Å². The molecule has 0 aromatic rings. The predicted octanol–water partition coefficient (Wildman–Crippen LogP) is -0.167. The summed E-state index contributed by atoms with van der Waals surface area (Å²) in [6.45, 7) is 4.28. The standard InChI is InChI=1S/C12H23N3O2/c1-12(14,11(13)16)5-6-15-7-8-17-10-4-2-3-9(10)15/h9-10H,2-8,14H2,1H3,(H2,13,16). The highest BCUT2D eigenvalue weighted by Gasteiger charge is 2.37. The fourth-order valence-corrected chi connectivity index (χ4v) is 2.78. The predicted molar refractivity (Wildman–Crippen MR) is 65.4 cm³/mol. The van der Waals surface area contributed by atoms with Gasteiger partial charge in [-0.25, -0.2) is 0 Å². The minimum atomic E-state index is -0.896. The number of morpholine rings is 1. The molecule has 17 heavy (non-hydrogen) atoms. The Morgan fingerprint density at radius 1 is 1.53 bits per heavy atom. The molecule has 4 N–H and O–H groups in total. The summed E-state index contributed by atoms with van der Waals surface area (Å²) in [5.74, 6) is -0.422. The normalized spacial score (nSPS) is 33.1. The van der Waals surface area contributed by atoms with E-state index in [9.17, 15) is 4.79 Å². The molecular formula is C12H23N3O2. The highest BCUT2D eigenvalue weighted by Crippen LogP contribution is 2.29. The molecule has 3 atom stereocenters. The van der Waals surface area contributed by atoms with Crippen LogP contribution in [0.2, 0.25) is 0 Å². The first-order valence-corrected chi connectivity index (χ1v) is 6.45. The zero-order chi connectivity index (χ0) is 12.5. The summed E-state index contributed by atoms with van der Waals surface area (Å²) in [6.07, 6.45) is 4.60. The average molecular weight is 241 g/mol. The summed E-state index contributed by atoms with van der Waals surface area (Å²) < 4.78 is 5.75. The SMILES string of the molecule is CC(N)(CCN1CCOC2CCCC21)C(N)=O. The second kappa shape index (κ2) is 4.92. The van der Waals surface area contributed by atoms with Crippen molar-refractivity contribution in [1.29, 1.82) is 0 Å². The van der Waals surface area contributed by atoms with Crippen LogP contribution in [0.5, 0.6) is 0 Å². The minimum absolute atomic E-state index is 0.390. The lowest BCUT2D eigenvalue weighted by atomic mass is 9.97. The van der Waals surface area contributed by atoms with E-state index in [4.69, 9.17) is 16.2 Å². The van der Waals surface area contributed by atoms with Gasteiger partial charge >= 0.3 is 0 Å². The van der Waals surface area contributed by atoms with Crippen LogP contribution >= 0.6 is 0 Å². The van der Waals surface area contributed by atoms with Gasteiger partial charge in [-0.15, -0.1) is 0 Å². The molecule has 0 aromatic heterocycles. The summed E-state index contributed by atoms with van der Waals surface area (Å²) in [6, 6.07) is 0.521. The van der Waals surface area contributed by atoms with E-state index in [-0.39, 0.29) is 0 Å². The molecular weight excluding hydrogens is 218 g/mol. The van der Waals surface area contributed by atoms with Gasteiger partial charge in [-0.3, -0.25) is 9.69 Å². The molecule has 1 heterocycles. The first-order chi connectivity index (χ1) is 8.00. The van der Waals surface area contributed by atoms with Crippen LogP contribution in [0.15, 0.2) is 0 Å². The number of rotatable bonds is 4. The lowest BCUT2D eigenvalue weighted by molar-refractivity contribution is -0.123. The molecule has 0 spiro atoms. The van der Waals surface area contributed by atoms with Crippen LogP contribution in [0, 0.1) is 0 Å². The van der Waals surface area contributed by atoms with Crippen molar-refractivity contribution in [3.8, 4) is 0 Å². The Kier molecular flexibility index (Phi) is 3.70. The van der Waals surface area contributed by atoms with Gasteiger partial charge in [0.2, 0.25) is 5.91 Å². The number of ether oxygens (including phenoxy) is 1. The number of carbonyl (C=O) groups is 1. The minimum Gasteiger partial charge on any atom is -0.375 e. The molecule has 0 radical (unpaired) electrons. The highest BCUT2D eigenvalue weighted by molar-refractivity contribution is 5.83. The van der Waals surface area contributed by atoms with Crippen molar-refractivity contribution in [2.75, 3.05) is 19.7 Å².